The van der Waals surface area contributed by atoms with Crippen molar-refractivity contribution in [2.45, 2.75) is 50.7 Å². The Morgan fingerprint density at radius 1 is 1.23 bits per heavy atom. The summed E-state index contributed by atoms with van der Waals surface area (Å²) < 4.78 is 2.14. The lowest BCUT2D eigenvalue weighted by Gasteiger charge is -2.14. The second kappa shape index (κ2) is 9.73. The number of aromatic nitrogens is 3. The van der Waals surface area contributed by atoms with Crippen molar-refractivity contribution in [1.82, 2.24) is 14.8 Å². The van der Waals surface area contributed by atoms with E-state index in [2.05, 4.69) is 32.4 Å². The van der Waals surface area contributed by atoms with E-state index in [1.54, 1.807) is 18.2 Å². The van der Waals surface area contributed by atoms with E-state index in [1.165, 1.54) is 40.6 Å². The molecule has 9 heteroatoms. The van der Waals surface area contributed by atoms with Crippen LogP contribution in [0.2, 0.25) is 10.0 Å². The van der Waals surface area contributed by atoms with Crippen LogP contribution < -0.4 is 5.32 Å². The van der Waals surface area contributed by atoms with Crippen molar-refractivity contribution >= 4 is 57.9 Å². The molecule has 0 saturated carbocycles. The van der Waals surface area contributed by atoms with Crippen LogP contribution in [-0.2, 0) is 24.2 Å². The van der Waals surface area contributed by atoms with Gasteiger partial charge in [0.2, 0.25) is 5.91 Å². The van der Waals surface area contributed by atoms with Crippen LogP contribution in [0.3, 0.4) is 0 Å². The van der Waals surface area contributed by atoms with Gasteiger partial charge in [0.15, 0.2) is 11.0 Å². The summed E-state index contributed by atoms with van der Waals surface area (Å²) in [5.74, 6) is 0.925. The summed E-state index contributed by atoms with van der Waals surface area (Å²) in [5.41, 5.74) is 3.07. The number of aryl methyl sites for hydroxylation is 1. The molecule has 5 nitrogen and oxygen atoms in total. The molecule has 1 aliphatic carbocycles. The molecule has 1 aliphatic rings. The molecule has 0 unspecified atom stereocenters. The molecule has 4 rings (SSSR count). The summed E-state index contributed by atoms with van der Waals surface area (Å²) in [4.78, 5) is 14.0. The first-order valence-corrected chi connectivity index (χ1v) is 12.6. The second-order valence-corrected chi connectivity index (χ2v) is 9.87. The number of amides is 1. The average molecular weight is 481 g/mol. The molecule has 0 saturated heterocycles. The Labute approximate surface area is 194 Å². The van der Waals surface area contributed by atoms with Gasteiger partial charge in [-0.3, -0.25) is 4.79 Å². The van der Waals surface area contributed by atoms with Crippen LogP contribution in [0, 0.1) is 0 Å². The molecular formula is C21H22Cl2N4OS2. The normalized spacial score (nSPS) is 13.3. The number of fused-ring (bicyclic) bond motifs is 1. The summed E-state index contributed by atoms with van der Waals surface area (Å²) in [5, 5.41) is 15.5. The van der Waals surface area contributed by atoms with Crippen LogP contribution >= 0.6 is 46.3 Å². The molecular weight excluding hydrogens is 459 g/mol. The molecule has 0 atom stereocenters. The number of para-hydroxylation sites is 1. The first-order chi connectivity index (χ1) is 14.6. The zero-order chi connectivity index (χ0) is 21.1. The topological polar surface area (TPSA) is 59.8 Å². The number of thioether (sulfide) groups is 1. The minimum Gasteiger partial charge on any atom is -0.323 e. The number of benzene rings is 1. The zero-order valence-corrected chi connectivity index (χ0v) is 19.7. The molecule has 0 spiro atoms. The molecule has 158 valence electrons. The van der Waals surface area contributed by atoms with E-state index in [4.69, 9.17) is 23.2 Å². The summed E-state index contributed by atoms with van der Waals surface area (Å²) in [6, 6.07) is 5.14. The Morgan fingerprint density at radius 2 is 2.00 bits per heavy atom. The van der Waals surface area contributed by atoms with E-state index in [9.17, 15) is 4.79 Å². The van der Waals surface area contributed by atoms with Crippen LogP contribution in [0.15, 0.2) is 28.7 Å². The van der Waals surface area contributed by atoms with Crippen molar-refractivity contribution in [1.29, 1.82) is 0 Å². The van der Waals surface area contributed by atoms with Crippen LogP contribution in [0.5, 0.6) is 0 Å². The molecule has 0 radical (unpaired) electrons. The number of nitrogens with one attached hydrogen (secondary N) is 1. The number of nitrogens with zero attached hydrogens (tertiary/aromatic N) is 3. The highest BCUT2D eigenvalue weighted by atomic mass is 35.5. The van der Waals surface area contributed by atoms with Crippen LogP contribution in [0.25, 0.3) is 11.4 Å². The highest BCUT2D eigenvalue weighted by Gasteiger charge is 2.22. The number of carbonyl (C=O) groups is 1. The SMILES string of the molecule is CCCn1c(SCC(=O)Nc2c(Cl)cccc2Cl)nnc1-c1csc2c1CCCC2. The third kappa shape index (κ3) is 4.54. The lowest BCUT2D eigenvalue weighted by atomic mass is 9.95. The summed E-state index contributed by atoms with van der Waals surface area (Å²) in [7, 11) is 0. The van der Waals surface area contributed by atoms with Gasteiger partial charge in [-0.15, -0.1) is 21.5 Å². The minimum atomic E-state index is -0.185. The average Bonchev–Trinajstić information content (AvgIpc) is 3.33. The van der Waals surface area contributed by atoms with Gasteiger partial charge in [0.1, 0.15) is 0 Å². The fraction of sp³-hybridized carbons (Fsp3) is 0.381. The van der Waals surface area contributed by atoms with E-state index >= 15 is 0 Å². The predicted molar refractivity (Wildman–Crippen MR) is 126 cm³/mol. The van der Waals surface area contributed by atoms with Gasteiger partial charge in [0.05, 0.1) is 21.5 Å². The monoisotopic (exact) mass is 480 g/mol. The molecule has 0 aliphatic heterocycles. The van der Waals surface area contributed by atoms with Gasteiger partial charge in [0, 0.05) is 22.4 Å². The molecule has 1 amide bonds. The highest BCUT2D eigenvalue weighted by Crippen LogP contribution is 2.37. The number of thiophene rings is 1. The third-order valence-corrected chi connectivity index (χ3v) is 7.71. The summed E-state index contributed by atoms with van der Waals surface area (Å²) >= 11 is 15.5. The van der Waals surface area contributed by atoms with Gasteiger partial charge in [-0.25, -0.2) is 0 Å². The number of rotatable bonds is 7. The van der Waals surface area contributed by atoms with Crippen LogP contribution in [-0.4, -0.2) is 26.4 Å². The summed E-state index contributed by atoms with van der Waals surface area (Å²) in [6.07, 6.45) is 5.72. The number of carbonyl (C=O) groups excluding carboxylic acids is 1. The van der Waals surface area contributed by atoms with Gasteiger partial charge in [-0.05, 0) is 49.8 Å². The number of hydrogen-bond acceptors (Lipinski definition) is 5. The quantitative estimate of drug-likeness (QED) is 0.401. The number of hydrogen-bond donors (Lipinski definition) is 1. The Balaban J connectivity index is 1.51. The molecule has 2 aromatic heterocycles. The maximum atomic E-state index is 12.5. The first kappa shape index (κ1) is 21.7. The Hall–Kier alpha value is -1.54. The molecule has 0 fully saturated rings. The molecule has 0 bridgehead atoms. The van der Waals surface area contributed by atoms with Crippen LogP contribution in [0.1, 0.15) is 36.6 Å². The smallest absolute Gasteiger partial charge is 0.234 e. The van der Waals surface area contributed by atoms with E-state index in [0.717, 1.165) is 36.8 Å². The van der Waals surface area contributed by atoms with Crippen molar-refractivity contribution in [3.8, 4) is 11.4 Å². The van der Waals surface area contributed by atoms with E-state index in [1.807, 2.05) is 11.3 Å². The van der Waals surface area contributed by atoms with E-state index in [0.29, 0.717) is 15.7 Å². The molecule has 3 aromatic rings. The first-order valence-electron chi connectivity index (χ1n) is 9.98. The standard InChI is InChI=1S/C21H22Cl2N4OS2/c1-2-10-27-20(14-11-29-17-9-4-3-6-13(14)17)25-26-21(27)30-12-18(28)24-19-15(22)7-5-8-16(19)23/h5,7-8,11H,2-4,6,9-10,12H2,1H3,(H,24,28). The van der Waals surface area contributed by atoms with Gasteiger partial charge in [0.25, 0.3) is 0 Å². The van der Waals surface area contributed by atoms with Gasteiger partial charge >= 0.3 is 0 Å². The van der Waals surface area contributed by atoms with Crippen molar-refractivity contribution in [3.63, 3.8) is 0 Å². The highest BCUT2D eigenvalue weighted by molar-refractivity contribution is 7.99. The molecule has 30 heavy (non-hydrogen) atoms. The van der Waals surface area contributed by atoms with Crippen molar-refractivity contribution < 1.29 is 4.79 Å². The Kier molecular flexibility index (Phi) is 7.03. The van der Waals surface area contributed by atoms with Gasteiger partial charge in [-0.1, -0.05) is 48.0 Å². The van der Waals surface area contributed by atoms with Gasteiger partial charge in [-0.2, -0.15) is 0 Å². The van der Waals surface area contributed by atoms with E-state index < -0.39 is 0 Å². The fourth-order valence-electron chi connectivity index (χ4n) is 3.62. The number of anilines is 1. The predicted octanol–water partition coefficient (Wildman–Crippen LogP) is 6.33. The fourth-order valence-corrected chi connectivity index (χ4v) is 6.00. The third-order valence-electron chi connectivity index (χ3n) is 5.03. The molecule has 1 N–H and O–H groups in total. The Bertz CT molecular complexity index is 1040. The lowest BCUT2D eigenvalue weighted by Crippen LogP contribution is -2.15. The maximum Gasteiger partial charge on any atom is 0.234 e. The minimum absolute atomic E-state index is 0.185. The van der Waals surface area contributed by atoms with Crippen LogP contribution in [0.4, 0.5) is 5.69 Å². The van der Waals surface area contributed by atoms with Crippen molar-refractivity contribution in [2.24, 2.45) is 0 Å². The maximum absolute atomic E-state index is 12.5. The summed E-state index contributed by atoms with van der Waals surface area (Å²) in [6.45, 7) is 2.95. The second-order valence-electron chi connectivity index (χ2n) is 7.15. The molecule has 1 aromatic carbocycles. The Morgan fingerprint density at radius 3 is 2.77 bits per heavy atom. The van der Waals surface area contributed by atoms with E-state index in [-0.39, 0.29) is 11.7 Å². The lowest BCUT2D eigenvalue weighted by molar-refractivity contribution is -0.113. The van der Waals surface area contributed by atoms with Crippen molar-refractivity contribution in [2.75, 3.05) is 11.1 Å². The van der Waals surface area contributed by atoms with Crippen molar-refractivity contribution in [3.05, 3.63) is 44.1 Å². The zero-order valence-electron chi connectivity index (χ0n) is 16.6. The largest absolute Gasteiger partial charge is 0.323 e. The molecule has 2 heterocycles. The number of halogens is 2. The van der Waals surface area contributed by atoms with Gasteiger partial charge < -0.3 is 9.88 Å².